The number of aromatic hydroxyl groups is 1. The van der Waals surface area contributed by atoms with Gasteiger partial charge in [-0.1, -0.05) is 11.6 Å². The molecular weight excluding hydrogens is 240 g/mol. The third-order valence-corrected chi connectivity index (χ3v) is 2.37. The van der Waals surface area contributed by atoms with Gasteiger partial charge in [-0.05, 0) is 30.4 Å². The Labute approximate surface area is 103 Å². The van der Waals surface area contributed by atoms with Crippen LogP contribution in [0.2, 0.25) is 5.02 Å². The van der Waals surface area contributed by atoms with E-state index in [0.717, 1.165) is 0 Å². The summed E-state index contributed by atoms with van der Waals surface area (Å²) in [5.74, 6) is 0.143. The average molecular weight is 249 g/mol. The number of benzene rings is 1. The van der Waals surface area contributed by atoms with Crippen molar-refractivity contribution in [1.82, 2.24) is 9.97 Å². The van der Waals surface area contributed by atoms with Crippen LogP contribution in [-0.4, -0.2) is 20.9 Å². The fourth-order valence-corrected chi connectivity index (χ4v) is 1.49. The minimum Gasteiger partial charge on any atom is -0.507 e. The van der Waals surface area contributed by atoms with Gasteiger partial charge >= 0.3 is 0 Å². The molecular formula is C12H9ClN2O2. The molecule has 2 aromatic rings. The van der Waals surface area contributed by atoms with Gasteiger partial charge < -0.3 is 10.1 Å². The number of phenolic OH excluding ortho intramolecular Hbond substituents is 1. The number of carbonyl (C=O) groups excluding carboxylic acids is 1. The quantitative estimate of drug-likeness (QED) is 0.648. The van der Waals surface area contributed by atoms with E-state index in [0.29, 0.717) is 10.8 Å². The lowest BCUT2D eigenvalue weighted by atomic mass is 10.1. The lowest BCUT2D eigenvalue weighted by molar-refractivity contribution is 0.104. The van der Waals surface area contributed by atoms with Crippen LogP contribution in [0.25, 0.3) is 6.08 Å². The van der Waals surface area contributed by atoms with Crippen LogP contribution in [0.1, 0.15) is 16.2 Å². The van der Waals surface area contributed by atoms with Crippen LogP contribution in [0.3, 0.4) is 0 Å². The lowest BCUT2D eigenvalue weighted by Crippen LogP contribution is -1.94. The zero-order chi connectivity index (χ0) is 12.3. The molecule has 1 aromatic carbocycles. The van der Waals surface area contributed by atoms with E-state index in [1.165, 1.54) is 30.4 Å². The Morgan fingerprint density at radius 2 is 2.29 bits per heavy atom. The van der Waals surface area contributed by atoms with Crippen LogP contribution >= 0.6 is 11.6 Å². The maximum absolute atomic E-state index is 11.8. The van der Waals surface area contributed by atoms with E-state index < -0.39 is 0 Å². The predicted octanol–water partition coefficient (Wildman–Crippen LogP) is 2.66. The number of hydrogen-bond donors (Lipinski definition) is 2. The smallest absolute Gasteiger partial charge is 0.189 e. The van der Waals surface area contributed by atoms with Crippen molar-refractivity contribution >= 4 is 23.5 Å². The fourth-order valence-electron chi connectivity index (χ4n) is 1.32. The summed E-state index contributed by atoms with van der Waals surface area (Å²) >= 11 is 5.75. The van der Waals surface area contributed by atoms with E-state index in [-0.39, 0.29) is 17.1 Å². The Morgan fingerprint density at radius 1 is 1.47 bits per heavy atom. The summed E-state index contributed by atoms with van der Waals surface area (Å²) in [5, 5.41) is 9.93. The van der Waals surface area contributed by atoms with E-state index in [2.05, 4.69) is 9.97 Å². The fraction of sp³-hybridized carbons (Fsp3) is 0. The lowest BCUT2D eigenvalue weighted by Gasteiger charge is -2.00. The molecule has 5 heteroatoms. The van der Waals surface area contributed by atoms with Gasteiger partial charge in [-0.3, -0.25) is 4.79 Å². The Morgan fingerprint density at radius 3 is 3.00 bits per heavy atom. The van der Waals surface area contributed by atoms with Gasteiger partial charge in [0.2, 0.25) is 0 Å². The number of nitrogens with one attached hydrogen (secondary N) is 1. The second kappa shape index (κ2) is 4.84. The first-order chi connectivity index (χ1) is 8.16. The van der Waals surface area contributed by atoms with Gasteiger partial charge in [0.15, 0.2) is 5.78 Å². The zero-order valence-electron chi connectivity index (χ0n) is 8.72. The molecule has 0 saturated heterocycles. The highest BCUT2D eigenvalue weighted by molar-refractivity contribution is 6.31. The third kappa shape index (κ3) is 2.73. The molecule has 86 valence electrons. The first-order valence-electron chi connectivity index (χ1n) is 4.87. The van der Waals surface area contributed by atoms with Crippen molar-refractivity contribution in [2.24, 2.45) is 0 Å². The minimum absolute atomic E-state index is 0.0940. The van der Waals surface area contributed by atoms with Crippen LogP contribution in [0.4, 0.5) is 0 Å². The van der Waals surface area contributed by atoms with Crippen LogP contribution in [0.5, 0.6) is 5.75 Å². The van der Waals surface area contributed by atoms with Gasteiger partial charge in [-0.15, -0.1) is 0 Å². The van der Waals surface area contributed by atoms with Gasteiger partial charge in [0, 0.05) is 17.4 Å². The maximum atomic E-state index is 11.8. The Bertz CT molecular complexity index is 562. The minimum atomic E-state index is -0.332. The van der Waals surface area contributed by atoms with Gasteiger partial charge in [0.05, 0.1) is 5.56 Å². The Hall–Kier alpha value is -2.07. The molecule has 0 unspecified atom stereocenters. The van der Waals surface area contributed by atoms with Crippen molar-refractivity contribution in [2.45, 2.75) is 0 Å². The number of nitrogens with zero attached hydrogens (tertiary/aromatic N) is 1. The van der Waals surface area contributed by atoms with Crippen LogP contribution < -0.4 is 0 Å². The van der Waals surface area contributed by atoms with E-state index in [1.54, 1.807) is 12.4 Å². The summed E-state index contributed by atoms with van der Waals surface area (Å²) in [5.41, 5.74) is 0.167. The first-order valence-corrected chi connectivity index (χ1v) is 5.25. The molecule has 17 heavy (non-hydrogen) atoms. The SMILES string of the molecule is O=C(/C=C/c1ncc[nH]1)c1cc(Cl)ccc1O. The zero-order valence-corrected chi connectivity index (χ0v) is 9.48. The summed E-state index contributed by atoms with van der Waals surface area (Å²) in [6.07, 6.45) is 6.09. The third-order valence-electron chi connectivity index (χ3n) is 2.14. The molecule has 0 saturated carbocycles. The van der Waals surface area contributed by atoms with Gasteiger partial charge in [-0.2, -0.15) is 0 Å². The normalized spacial score (nSPS) is 10.9. The molecule has 1 heterocycles. The van der Waals surface area contributed by atoms with Crippen LogP contribution in [-0.2, 0) is 0 Å². The van der Waals surface area contributed by atoms with Crippen LogP contribution in [0.15, 0.2) is 36.7 Å². The van der Waals surface area contributed by atoms with Crippen molar-refractivity contribution in [1.29, 1.82) is 0 Å². The molecule has 0 radical (unpaired) electrons. The molecule has 0 bridgehead atoms. The number of H-pyrrole nitrogens is 1. The highest BCUT2D eigenvalue weighted by atomic mass is 35.5. The Balaban J connectivity index is 2.23. The monoisotopic (exact) mass is 248 g/mol. The summed E-state index contributed by atoms with van der Waals surface area (Å²) in [4.78, 5) is 18.5. The topological polar surface area (TPSA) is 66.0 Å². The average Bonchev–Trinajstić information content (AvgIpc) is 2.82. The number of phenols is 1. The summed E-state index contributed by atoms with van der Waals surface area (Å²) in [6, 6.07) is 4.33. The first kappa shape index (κ1) is 11.4. The molecule has 0 spiro atoms. The molecule has 0 atom stereocenters. The van der Waals surface area contributed by atoms with E-state index >= 15 is 0 Å². The summed E-state index contributed by atoms with van der Waals surface area (Å²) in [7, 11) is 0. The van der Waals surface area contributed by atoms with Crippen molar-refractivity contribution in [2.75, 3.05) is 0 Å². The number of carbonyl (C=O) groups is 1. The van der Waals surface area contributed by atoms with E-state index in [4.69, 9.17) is 11.6 Å². The molecule has 4 nitrogen and oxygen atoms in total. The molecule has 0 aliphatic rings. The number of hydrogen-bond acceptors (Lipinski definition) is 3. The standard InChI is InChI=1S/C12H9ClN2O2/c13-8-1-2-10(16)9(7-8)11(17)3-4-12-14-5-6-15-12/h1-7,16H,(H,14,15)/b4-3+. The molecule has 2 rings (SSSR count). The van der Waals surface area contributed by atoms with Crippen molar-refractivity contribution in [3.63, 3.8) is 0 Å². The molecule has 0 aliphatic heterocycles. The highest BCUT2D eigenvalue weighted by Gasteiger charge is 2.08. The number of rotatable bonds is 3. The van der Waals surface area contributed by atoms with E-state index in [9.17, 15) is 9.90 Å². The second-order valence-corrected chi connectivity index (χ2v) is 3.77. The molecule has 0 aliphatic carbocycles. The van der Waals surface area contributed by atoms with Crippen molar-refractivity contribution in [3.8, 4) is 5.75 Å². The second-order valence-electron chi connectivity index (χ2n) is 3.33. The molecule has 0 fully saturated rings. The summed E-state index contributed by atoms with van der Waals surface area (Å²) in [6.45, 7) is 0. The summed E-state index contributed by atoms with van der Waals surface area (Å²) < 4.78 is 0. The van der Waals surface area contributed by atoms with Crippen molar-refractivity contribution < 1.29 is 9.90 Å². The Kier molecular flexibility index (Phi) is 3.25. The number of halogens is 1. The molecule has 2 N–H and O–H groups in total. The maximum Gasteiger partial charge on any atom is 0.189 e. The van der Waals surface area contributed by atoms with Crippen LogP contribution in [0, 0.1) is 0 Å². The van der Waals surface area contributed by atoms with Crippen molar-refractivity contribution in [3.05, 3.63) is 53.1 Å². The number of allylic oxidation sites excluding steroid dienone is 1. The molecule has 1 aromatic heterocycles. The predicted molar refractivity (Wildman–Crippen MR) is 65.1 cm³/mol. The number of aromatic amines is 1. The molecule has 0 amide bonds. The van der Waals surface area contributed by atoms with E-state index in [1.807, 2.05) is 0 Å². The number of aromatic nitrogens is 2. The largest absolute Gasteiger partial charge is 0.507 e. The number of imidazole rings is 1. The highest BCUT2D eigenvalue weighted by Crippen LogP contribution is 2.22. The number of ketones is 1. The van der Waals surface area contributed by atoms with Gasteiger partial charge in [0.25, 0.3) is 0 Å². The van der Waals surface area contributed by atoms with Gasteiger partial charge in [-0.25, -0.2) is 4.98 Å². The van der Waals surface area contributed by atoms with Gasteiger partial charge in [0.1, 0.15) is 11.6 Å².